The van der Waals surface area contributed by atoms with Gasteiger partial charge in [0.05, 0.1) is 0 Å². The Morgan fingerprint density at radius 1 is 0.344 bits per heavy atom. The number of hydrogen-bond donors (Lipinski definition) is 6. The van der Waals surface area contributed by atoms with E-state index in [9.17, 15) is 0 Å². The minimum atomic E-state index is 0.0347. The molecule has 32 heavy (non-hydrogen) atoms. The molecule has 156 valence electrons. The van der Waals surface area contributed by atoms with Crippen LogP contribution in [0.1, 0.15) is 0 Å². The molecule has 12 nitrogen and oxygen atoms in total. The third kappa shape index (κ3) is 4.01. The second-order valence-electron chi connectivity index (χ2n) is 6.94. The van der Waals surface area contributed by atoms with Crippen molar-refractivity contribution in [3.8, 4) is 0 Å². The van der Waals surface area contributed by atoms with E-state index in [0.717, 1.165) is 33.6 Å². The Morgan fingerprint density at radius 2 is 0.531 bits per heavy atom. The average Bonchev–Trinajstić information content (AvgIpc) is 3.67. The second kappa shape index (κ2) is 9.04. The lowest BCUT2D eigenvalue weighted by molar-refractivity contribution is 1.09. The third-order valence-corrected chi connectivity index (χ3v) is 5.00. The summed E-state index contributed by atoms with van der Waals surface area (Å²) in [5, 5.41) is 41.6. The molecule has 0 saturated heterocycles. The molecule has 0 fully saturated rings. The summed E-state index contributed by atoms with van der Waals surface area (Å²) in [5.41, 5.74) is 5.96. The van der Waals surface area contributed by atoms with Gasteiger partial charge >= 0.3 is 13.4 Å². The Kier molecular flexibility index (Phi) is 5.47. The number of nitrogens with one attached hydrogen (secondary N) is 6. The van der Waals surface area contributed by atoms with Gasteiger partial charge in [-0.1, -0.05) is 0 Å². The largest absolute Gasteiger partial charge is 0.308 e. The molecule has 6 heterocycles. The Bertz CT molecular complexity index is 993. The highest BCUT2D eigenvalue weighted by molar-refractivity contribution is 6.94. The zero-order chi connectivity index (χ0) is 21.6. The molecule has 0 aliphatic carbocycles. The van der Waals surface area contributed by atoms with Crippen molar-refractivity contribution in [3.05, 3.63) is 73.6 Å². The van der Waals surface area contributed by atoms with Gasteiger partial charge in [0, 0.05) is 70.7 Å². The molecule has 0 aliphatic heterocycles. The van der Waals surface area contributed by atoms with E-state index in [0.29, 0.717) is 0 Å². The van der Waals surface area contributed by atoms with Crippen LogP contribution in [0.25, 0.3) is 0 Å². The smallest absolute Gasteiger partial charge is 0.291 e. The predicted octanol–water partition coefficient (Wildman–Crippen LogP) is -3.26. The van der Waals surface area contributed by atoms with Crippen molar-refractivity contribution in [1.29, 1.82) is 0 Å². The van der Waals surface area contributed by atoms with E-state index in [1.54, 1.807) is 37.2 Å². The van der Waals surface area contributed by atoms with Crippen molar-refractivity contribution in [2.75, 3.05) is 0 Å². The summed E-state index contributed by atoms with van der Waals surface area (Å²) >= 11 is 0. The quantitative estimate of drug-likeness (QED) is 0.153. The van der Waals surface area contributed by atoms with Crippen LogP contribution in [0, 0.1) is 0 Å². The van der Waals surface area contributed by atoms with E-state index in [1.807, 2.05) is 36.4 Å². The highest BCUT2D eigenvalue weighted by Crippen LogP contribution is 1.87. The lowest BCUT2D eigenvalue weighted by Crippen LogP contribution is -2.54. The highest BCUT2D eigenvalue weighted by Gasteiger charge is 2.26. The van der Waals surface area contributed by atoms with Crippen molar-refractivity contribution in [2.24, 2.45) is 0 Å². The van der Waals surface area contributed by atoms with Gasteiger partial charge in [-0.15, -0.1) is 0 Å². The number of H-pyrrole nitrogens is 6. The minimum absolute atomic E-state index is 0.0347. The summed E-state index contributed by atoms with van der Waals surface area (Å²) in [6.45, 7) is 0.0694. The molecule has 0 amide bonds. The van der Waals surface area contributed by atoms with Gasteiger partial charge in [-0.2, -0.15) is 30.6 Å². The highest BCUT2D eigenvalue weighted by atomic mass is 15.1. The van der Waals surface area contributed by atoms with E-state index in [-0.39, 0.29) is 13.4 Å². The van der Waals surface area contributed by atoms with E-state index in [1.165, 1.54) is 0 Å². The van der Waals surface area contributed by atoms with Gasteiger partial charge in [0.2, 0.25) is 0 Å². The van der Waals surface area contributed by atoms with E-state index in [2.05, 4.69) is 61.2 Å². The first-order valence-electron chi connectivity index (χ1n) is 9.85. The monoisotopic (exact) mass is 424 g/mol. The van der Waals surface area contributed by atoms with Gasteiger partial charge in [-0.3, -0.25) is 30.6 Å². The van der Waals surface area contributed by atoms with Crippen molar-refractivity contribution in [2.45, 2.75) is 0 Å². The average molecular weight is 424 g/mol. The van der Waals surface area contributed by atoms with Crippen molar-refractivity contribution >= 4 is 47.0 Å². The van der Waals surface area contributed by atoms with Crippen LogP contribution in [-0.2, 0) is 0 Å². The topological polar surface area (TPSA) is 172 Å². The first kappa shape index (κ1) is 19.4. The fourth-order valence-corrected chi connectivity index (χ4v) is 3.57. The Balaban J connectivity index is 0.000000135. The number of hydrogen-bond acceptors (Lipinski definition) is 6. The zero-order valence-electron chi connectivity index (χ0n) is 16.8. The van der Waals surface area contributed by atoms with Crippen LogP contribution < -0.4 is 33.6 Å². The molecule has 0 saturated carbocycles. The minimum Gasteiger partial charge on any atom is -0.291 e. The predicted molar refractivity (Wildman–Crippen MR) is 121 cm³/mol. The van der Waals surface area contributed by atoms with Crippen LogP contribution in [0.3, 0.4) is 0 Å². The molecule has 6 N–H and O–H groups in total. The summed E-state index contributed by atoms with van der Waals surface area (Å²) in [4.78, 5) is 0. The maximum atomic E-state index is 3.97. The Morgan fingerprint density at radius 3 is 0.656 bits per heavy atom. The third-order valence-electron chi connectivity index (χ3n) is 5.00. The van der Waals surface area contributed by atoms with Gasteiger partial charge in [0.15, 0.2) is 0 Å². The Labute approximate surface area is 182 Å². The number of aromatic nitrogens is 12. The fraction of sp³-hybridized carbons (Fsp3) is 0. The van der Waals surface area contributed by atoms with Gasteiger partial charge < -0.3 is 0 Å². The van der Waals surface area contributed by atoms with Gasteiger partial charge in [-0.05, 0) is 36.4 Å². The van der Waals surface area contributed by atoms with Gasteiger partial charge in [0.1, 0.15) is 0 Å². The van der Waals surface area contributed by atoms with Crippen molar-refractivity contribution in [1.82, 2.24) is 61.2 Å². The van der Waals surface area contributed by atoms with Crippen LogP contribution in [-0.4, -0.2) is 74.6 Å². The molecule has 0 spiro atoms. The SMILES string of the molecule is c1cc(B(c2ccn[nH]2)c2ccn[nH]2)[nH]n1.c1cc(B(c2ccn[nH]2)c2ccn[nH]2)[nH]n1. The molecule has 0 unspecified atom stereocenters. The molecule has 6 rings (SSSR count). The maximum Gasteiger partial charge on any atom is 0.308 e. The number of aromatic amines is 6. The maximum absolute atomic E-state index is 3.97. The van der Waals surface area contributed by atoms with Crippen LogP contribution in [0.4, 0.5) is 0 Å². The number of nitrogens with zero attached hydrogens (tertiary/aromatic N) is 6. The number of rotatable bonds is 6. The summed E-state index contributed by atoms with van der Waals surface area (Å²) in [6, 6.07) is 11.6. The summed E-state index contributed by atoms with van der Waals surface area (Å²) in [5.74, 6) is 0. The van der Waals surface area contributed by atoms with Crippen LogP contribution in [0.5, 0.6) is 0 Å². The molecule has 0 atom stereocenters. The van der Waals surface area contributed by atoms with Gasteiger partial charge in [0.25, 0.3) is 0 Å². The van der Waals surface area contributed by atoms with E-state index in [4.69, 9.17) is 0 Å². The molecule has 0 aromatic carbocycles. The molecular formula is C18H18B2N12. The van der Waals surface area contributed by atoms with Crippen LogP contribution >= 0.6 is 0 Å². The lowest BCUT2D eigenvalue weighted by Gasteiger charge is -2.06. The molecule has 0 radical (unpaired) electrons. The standard InChI is InChI=1S/2C9H9BN6/c2*1-4-11-14-7(1)10(8-2-5-12-15-8)9-3-6-13-16-9/h2*1-6H,(H,11,14)(H,12,15)(H,13,16). The van der Waals surface area contributed by atoms with E-state index >= 15 is 0 Å². The fourth-order valence-electron chi connectivity index (χ4n) is 3.57. The first-order valence-corrected chi connectivity index (χ1v) is 9.85. The molecular weight excluding hydrogens is 406 g/mol. The molecule has 6 aromatic rings. The Hall–Kier alpha value is -4.61. The lowest BCUT2D eigenvalue weighted by atomic mass is 9.42. The van der Waals surface area contributed by atoms with Crippen molar-refractivity contribution < 1.29 is 0 Å². The molecule has 14 heteroatoms. The van der Waals surface area contributed by atoms with Crippen LogP contribution in [0.15, 0.2) is 73.6 Å². The summed E-state index contributed by atoms with van der Waals surface area (Å²) < 4.78 is 0. The van der Waals surface area contributed by atoms with E-state index < -0.39 is 0 Å². The zero-order valence-corrected chi connectivity index (χ0v) is 16.8. The first-order chi connectivity index (χ1) is 15.9. The van der Waals surface area contributed by atoms with Gasteiger partial charge in [-0.25, -0.2) is 0 Å². The molecule has 0 bridgehead atoms. The molecule has 0 aliphatic rings. The van der Waals surface area contributed by atoms with Crippen LogP contribution in [0.2, 0.25) is 0 Å². The van der Waals surface area contributed by atoms with Crippen molar-refractivity contribution in [3.63, 3.8) is 0 Å². The normalized spacial score (nSPS) is 10.5. The molecule has 6 aromatic heterocycles. The summed E-state index contributed by atoms with van der Waals surface area (Å²) in [6.07, 6.45) is 10.4. The summed E-state index contributed by atoms with van der Waals surface area (Å²) in [7, 11) is 0. The second-order valence-corrected chi connectivity index (χ2v) is 6.94.